The molecule has 1 heterocycles. The van der Waals surface area contributed by atoms with Crippen LogP contribution >= 0.6 is 0 Å². The van der Waals surface area contributed by atoms with Gasteiger partial charge in [0.25, 0.3) is 0 Å². The minimum absolute atomic E-state index is 0.255. The Morgan fingerprint density at radius 3 is 2.50 bits per heavy atom. The van der Waals surface area contributed by atoms with Gasteiger partial charge in [0.2, 0.25) is 5.88 Å². The average Bonchev–Trinajstić information content (AvgIpc) is 3.15. The van der Waals surface area contributed by atoms with E-state index >= 15 is 0 Å². The number of ether oxygens (including phenoxy) is 2. The van der Waals surface area contributed by atoms with Crippen LogP contribution in [0.3, 0.4) is 0 Å². The summed E-state index contributed by atoms with van der Waals surface area (Å²) in [6.07, 6.45) is 2.04. The predicted molar refractivity (Wildman–Crippen MR) is 137 cm³/mol. The van der Waals surface area contributed by atoms with E-state index in [4.69, 9.17) is 14.6 Å². The Morgan fingerprint density at radius 2 is 1.85 bits per heavy atom. The van der Waals surface area contributed by atoms with Crippen LogP contribution in [0.4, 0.5) is 0 Å². The van der Waals surface area contributed by atoms with E-state index in [0.29, 0.717) is 25.6 Å². The molecule has 3 aromatic rings. The molecule has 3 rings (SSSR count). The highest BCUT2D eigenvalue weighted by Gasteiger charge is 2.25. The van der Waals surface area contributed by atoms with E-state index in [2.05, 4.69) is 44.4 Å². The van der Waals surface area contributed by atoms with Crippen LogP contribution in [0.15, 0.2) is 67.3 Å². The van der Waals surface area contributed by atoms with Gasteiger partial charge in [0.05, 0.1) is 24.9 Å². The number of hydrogen-bond donors (Lipinski definition) is 1. The monoisotopic (exact) mass is 463 g/mol. The Hall–Kier alpha value is -2.93. The molecule has 0 spiro atoms. The van der Waals surface area contributed by atoms with Gasteiger partial charge in [-0.1, -0.05) is 61.0 Å². The Balaban J connectivity index is 1.96. The fraction of sp³-hybridized carbons (Fsp3) is 0.393. The van der Waals surface area contributed by atoms with Crippen molar-refractivity contribution >= 4 is 0 Å². The number of aryl methyl sites for hydroxylation is 2. The van der Waals surface area contributed by atoms with Crippen LogP contribution in [0, 0.1) is 6.92 Å². The number of hydrogen-bond acceptors (Lipinski definition) is 5. The zero-order chi connectivity index (χ0) is 24.5. The van der Waals surface area contributed by atoms with Crippen molar-refractivity contribution in [2.75, 3.05) is 19.8 Å². The van der Waals surface area contributed by atoms with Crippen LogP contribution in [0.5, 0.6) is 11.6 Å². The maximum Gasteiger partial charge on any atom is 0.222 e. The molecule has 182 valence electrons. The highest BCUT2D eigenvalue weighted by molar-refractivity contribution is 5.65. The van der Waals surface area contributed by atoms with Crippen molar-refractivity contribution < 1.29 is 14.6 Å². The van der Waals surface area contributed by atoms with E-state index in [9.17, 15) is 5.11 Å². The molecule has 6 nitrogen and oxygen atoms in total. The Morgan fingerprint density at radius 1 is 1.15 bits per heavy atom. The minimum Gasteiger partial charge on any atom is -0.439 e. The third-order valence-electron chi connectivity index (χ3n) is 5.94. The van der Waals surface area contributed by atoms with Crippen molar-refractivity contribution in [1.82, 2.24) is 14.7 Å². The second kappa shape index (κ2) is 12.5. The quantitative estimate of drug-likeness (QED) is 0.273. The molecule has 0 unspecified atom stereocenters. The first kappa shape index (κ1) is 25.7. The molecule has 0 saturated heterocycles. The maximum atomic E-state index is 10.6. The lowest BCUT2D eigenvalue weighted by Gasteiger charge is -2.30. The molecule has 1 N–H and O–H groups in total. The number of aliphatic hydroxyl groups is 1. The molecule has 34 heavy (non-hydrogen) atoms. The molecule has 0 aliphatic heterocycles. The Labute approximate surface area is 203 Å². The van der Waals surface area contributed by atoms with Gasteiger partial charge >= 0.3 is 0 Å². The fourth-order valence-corrected chi connectivity index (χ4v) is 3.84. The van der Waals surface area contributed by atoms with Gasteiger partial charge in [-0.2, -0.15) is 5.10 Å². The van der Waals surface area contributed by atoms with Gasteiger partial charge in [-0.25, -0.2) is 4.68 Å². The van der Waals surface area contributed by atoms with Crippen molar-refractivity contribution in [2.45, 2.75) is 45.9 Å². The van der Waals surface area contributed by atoms with Crippen LogP contribution in [0.25, 0.3) is 11.3 Å². The molecule has 6 heteroatoms. The molecule has 0 bridgehead atoms. The summed E-state index contributed by atoms with van der Waals surface area (Å²) >= 11 is 0. The van der Waals surface area contributed by atoms with Crippen molar-refractivity contribution in [3.8, 4) is 22.9 Å². The average molecular weight is 464 g/mol. The van der Waals surface area contributed by atoms with Crippen LogP contribution in [-0.2, 0) is 18.3 Å². The number of aromatic nitrogens is 2. The second-order valence-corrected chi connectivity index (χ2v) is 8.70. The van der Waals surface area contributed by atoms with Gasteiger partial charge in [-0.05, 0) is 32.4 Å². The summed E-state index contributed by atoms with van der Waals surface area (Å²) in [5, 5.41) is 15.5. The van der Waals surface area contributed by atoms with E-state index in [0.717, 1.165) is 29.0 Å². The lowest BCUT2D eigenvalue weighted by Crippen LogP contribution is -2.40. The van der Waals surface area contributed by atoms with E-state index < -0.39 is 6.10 Å². The fourth-order valence-electron chi connectivity index (χ4n) is 3.84. The van der Waals surface area contributed by atoms with Gasteiger partial charge in [0.15, 0.2) is 0 Å². The SMILES string of the molecule is C=CCOC[C@H](O)CN(Cc1c(-c2ccccc2)nn(C)c1Oc1ccc(C)cc1)[C@@H](C)CC. The third-order valence-corrected chi connectivity index (χ3v) is 5.94. The summed E-state index contributed by atoms with van der Waals surface area (Å²) in [5.41, 5.74) is 4.09. The molecule has 2 aromatic carbocycles. The predicted octanol–water partition coefficient (Wildman–Crippen LogP) is 5.35. The van der Waals surface area contributed by atoms with Crippen molar-refractivity contribution in [3.63, 3.8) is 0 Å². The number of aliphatic hydroxyl groups excluding tert-OH is 1. The van der Waals surface area contributed by atoms with Gasteiger partial charge in [-0.3, -0.25) is 4.90 Å². The molecule has 0 aliphatic rings. The summed E-state index contributed by atoms with van der Waals surface area (Å²) in [6, 6.07) is 18.4. The van der Waals surface area contributed by atoms with Gasteiger partial charge in [-0.15, -0.1) is 6.58 Å². The molecule has 0 fully saturated rings. The molecule has 0 amide bonds. The van der Waals surface area contributed by atoms with Crippen LogP contribution in [-0.4, -0.2) is 51.7 Å². The highest BCUT2D eigenvalue weighted by Crippen LogP contribution is 2.34. The van der Waals surface area contributed by atoms with Gasteiger partial charge in [0.1, 0.15) is 11.4 Å². The van der Waals surface area contributed by atoms with E-state index in [1.165, 1.54) is 5.56 Å². The van der Waals surface area contributed by atoms with Gasteiger partial charge in [0, 0.05) is 31.7 Å². The summed E-state index contributed by atoms with van der Waals surface area (Å²) in [5.74, 6) is 1.47. The minimum atomic E-state index is -0.604. The zero-order valence-electron chi connectivity index (χ0n) is 20.8. The summed E-state index contributed by atoms with van der Waals surface area (Å²) < 4.78 is 13.7. The van der Waals surface area contributed by atoms with Crippen molar-refractivity contribution in [1.29, 1.82) is 0 Å². The van der Waals surface area contributed by atoms with Crippen molar-refractivity contribution in [3.05, 3.63) is 78.4 Å². The highest BCUT2D eigenvalue weighted by atomic mass is 16.5. The largest absolute Gasteiger partial charge is 0.439 e. The van der Waals surface area contributed by atoms with Crippen molar-refractivity contribution in [2.24, 2.45) is 7.05 Å². The lowest BCUT2D eigenvalue weighted by atomic mass is 10.1. The van der Waals surface area contributed by atoms with E-state index in [1.54, 1.807) is 10.8 Å². The normalized spacial score (nSPS) is 13.1. The van der Waals surface area contributed by atoms with Crippen LogP contribution < -0.4 is 4.74 Å². The lowest BCUT2D eigenvalue weighted by molar-refractivity contribution is 0.0156. The van der Waals surface area contributed by atoms with E-state index in [1.807, 2.05) is 49.5 Å². The molecule has 0 aliphatic carbocycles. The van der Waals surface area contributed by atoms with Gasteiger partial charge < -0.3 is 14.6 Å². The topological polar surface area (TPSA) is 59.8 Å². The summed E-state index contributed by atoms with van der Waals surface area (Å²) in [7, 11) is 1.91. The molecular weight excluding hydrogens is 426 g/mol. The Kier molecular flexibility index (Phi) is 9.45. The molecule has 1 aromatic heterocycles. The number of benzene rings is 2. The summed E-state index contributed by atoms with van der Waals surface area (Å²) in [4.78, 5) is 2.27. The third kappa shape index (κ3) is 6.79. The first-order chi connectivity index (χ1) is 16.4. The van der Waals surface area contributed by atoms with E-state index in [-0.39, 0.29) is 12.6 Å². The molecular formula is C28H37N3O3. The maximum absolute atomic E-state index is 10.6. The molecule has 0 saturated carbocycles. The zero-order valence-corrected chi connectivity index (χ0v) is 20.8. The molecule has 2 atom stereocenters. The summed E-state index contributed by atoms with van der Waals surface area (Å²) in [6.45, 7) is 11.8. The number of nitrogens with zero attached hydrogens (tertiary/aromatic N) is 3. The standard InChI is InChI=1S/C28H37N3O3/c1-6-17-33-20-24(32)18-31(22(4)7-2)19-26-27(23-11-9-8-10-12-23)29-30(5)28(26)34-25-15-13-21(3)14-16-25/h6,8-16,22,24,32H,1,7,17-20H2,2-5H3/t22-,24+/m0/s1. The first-order valence-corrected chi connectivity index (χ1v) is 11.9. The smallest absolute Gasteiger partial charge is 0.222 e. The second-order valence-electron chi connectivity index (χ2n) is 8.70. The molecule has 0 radical (unpaired) electrons. The van der Waals surface area contributed by atoms with Crippen LogP contribution in [0.2, 0.25) is 0 Å². The number of rotatable bonds is 13. The van der Waals surface area contributed by atoms with Crippen LogP contribution in [0.1, 0.15) is 31.4 Å². The first-order valence-electron chi connectivity index (χ1n) is 11.9. The Bertz CT molecular complexity index is 1030.